The van der Waals surface area contributed by atoms with Crippen LogP contribution in [-0.4, -0.2) is 5.97 Å². The largest absolute Gasteiger partial charge is 0.427 e. The van der Waals surface area contributed by atoms with Gasteiger partial charge in [0, 0.05) is 32.0 Å². The third kappa shape index (κ3) is 9.96. The number of hydrogen-bond donors (Lipinski definition) is 1. The first-order chi connectivity index (χ1) is 14.2. The fourth-order valence-corrected chi connectivity index (χ4v) is 3.06. The summed E-state index contributed by atoms with van der Waals surface area (Å²) < 4.78 is 5.04. The lowest BCUT2D eigenvalue weighted by atomic mass is 10.1. The Morgan fingerprint density at radius 3 is 2.07 bits per heavy atom. The van der Waals surface area contributed by atoms with Crippen LogP contribution in [0.4, 0.5) is 0 Å². The standard InChI is InChI=1S/C26H33NO2/c1-3-4-5-6-7-8-9-10-11-23-12-14-24(15-13-23)20-27-21-25-16-18-26(19-17-25)29-22(2)28/h12-19,27H,3-9,20-21H2,1-2H3. The van der Waals surface area contributed by atoms with Crippen molar-refractivity contribution in [2.24, 2.45) is 0 Å². The quantitative estimate of drug-likeness (QED) is 0.221. The molecular weight excluding hydrogens is 358 g/mol. The molecule has 2 aromatic rings. The lowest BCUT2D eigenvalue weighted by molar-refractivity contribution is -0.131. The molecule has 3 nitrogen and oxygen atoms in total. The van der Waals surface area contributed by atoms with E-state index in [2.05, 4.69) is 48.3 Å². The fourth-order valence-electron chi connectivity index (χ4n) is 3.06. The molecule has 3 heteroatoms. The third-order valence-electron chi connectivity index (χ3n) is 4.69. The molecule has 29 heavy (non-hydrogen) atoms. The maximum atomic E-state index is 10.9. The van der Waals surface area contributed by atoms with E-state index in [4.69, 9.17) is 4.74 Å². The molecule has 0 saturated heterocycles. The molecule has 0 spiro atoms. The molecule has 2 aromatic carbocycles. The maximum absolute atomic E-state index is 10.9. The minimum Gasteiger partial charge on any atom is -0.427 e. The molecule has 0 aliphatic rings. The summed E-state index contributed by atoms with van der Waals surface area (Å²) in [5.41, 5.74) is 3.47. The van der Waals surface area contributed by atoms with E-state index >= 15 is 0 Å². The van der Waals surface area contributed by atoms with Crippen molar-refractivity contribution >= 4 is 5.97 Å². The van der Waals surface area contributed by atoms with E-state index in [1.165, 1.54) is 51.0 Å². The SMILES string of the molecule is CCCCCCCCC#Cc1ccc(CNCc2ccc(OC(C)=O)cc2)cc1. The highest BCUT2D eigenvalue weighted by atomic mass is 16.5. The van der Waals surface area contributed by atoms with Crippen LogP contribution in [0.1, 0.15) is 75.5 Å². The van der Waals surface area contributed by atoms with E-state index in [1.807, 2.05) is 24.3 Å². The van der Waals surface area contributed by atoms with Gasteiger partial charge in [0.2, 0.25) is 0 Å². The van der Waals surface area contributed by atoms with Gasteiger partial charge in [-0.3, -0.25) is 4.79 Å². The zero-order valence-corrected chi connectivity index (χ0v) is 17.8. The summed E-state index contributed by atoms with van der Waals surface area (Å²) in [7, 11) is 0. The molecular formula is C26H33NO2. The summed E-state index contributed by atoms with van der Waals surface area (Å²) >= 11 is 0. The summed E-state index contributed by atoms with van der Waals surface area (Å²) in [6, 6.07) is 16.0. The number of unbranched alkanes of at least 4 members (excludes halogenated alkanes) is 6. The Kier molecular flexibility index (Phi) is 10.6. The van der Waals surface area contributed by atoms with Crippen molar-refractivity contribution in [3.05, 3.63) is 65.2 Å². The Morgan fingerprint density at radius 2 is 1.45 bits per heavy atom. The molecule has 0 saturated carbocycles. The van der Waals surface area contributed by atoms with Gasteiger partial charge in [0.1, 0.15) is 5.75 Å². The summed E-state index contributed by atoms with van der Waals surface area (Å²) in [4.78, 5) is 10.9. The van der Waals surface area contributed by atoms with Gasteiger partial charge in [-0.15, -0.1) is 0 Å². The van der Waals surface area contributed by atoms with E-state index in [0.29, 0.717) is 5.75 Å². The van der Waals surface area contributed by atoms with Gasteiger partial charge in [-0.05, 0) is 41.8 Å². The Hall–Kier alpha value is -2.57. The van der Waals surface area contributed by atoms with Crippen LogP contribution in [0.15, 0.2) is 48.5 Å². The van der Waals surface area contributed by atoms with Crippen LogP contribution in [0, 0.1) is 11.8 Å². The van der Waals surface area contributed by atoms with Crippen LogP contribution < -0.4 is 10.1 Å². The van der Waals surface area contributed by atoms with E-state index in [-0.39, 0.29) is 5.97 Å². The van der Waals surface area contributed by atoms with Crippen molar-refractivity contribution in [3.63, 3.8) is 0 Å². The molecule has 0 bridgehead atoms. The van der Waals surface area contributed by atoms with Gasteiger partial charge < -0.3 is 10.1 Å². The monoisotopic (exact) mass is 391 g/mol. The van der Waals surface area contributed by atoms with Gasteiger partial charge in [-0.1, -0.05) is 75.1 Å². The number of benzene rings is 2. The first-order valence-corrected chi connectivity index (χ1v) is 10.7. The van der Waals surface area contributed by atoms with Crippen LogP contribution >= 0.6 is 0 Å². The van der Waals surface area contributed by atoms with E-state index < -0.39 is 0 Å². The lowest BCUT2D eigenvalue weighted by Crippen LogP contribution is -2.12. The van der Waals surface area contributed by atoms with Gasteiger partial charge >= 0.3 is 5.97 Å². The fraction of sp³-hybridized carbons (Fsp3) is 0.423. The lowest BCUT2D eigenvalue weighted by Gasteiger charge is -2.07. The summed E-state index contributed by atoms with van der Waals surface area (Å²) in [6.45, 7) is 5.22. The first-order valence-electron chi connectivity index (χ1n) is 10.7. The molecule has 0 amide bonds. The second-order valence-electron chi connectivity index (χ2n) is 7.36. The Bertz CT molecular complexity index is 782. The molecule has 2 rings (SSSR count). The van der Waals surface area contributed by atoms with Gasteiger partial charge in [0.15, 0.2) is 0 Å². The molecule has 0 heterocycles. The van der Waals surface area contributed by atoms with Crippen molar-refractivity contribution < 1.29 is 9.53 Å². The molecule has 0 atom stereocenters. The van der Waals surface area contributed by atoms with E-state index in [1.54, 1.807) is 0 Å². The number of carbonyl (C=O) groups is 1. The average Bonchev–Trinajstić information content (AvgIpc) is 2.72. The second kappa shape index (κ2) is 13.6. The van der Waals surface area contributed by atoms with Crippen molar-refractivity contribution in [3.8, 4) is 17.6 Å². The molecule has 0 aliphatic carbocycles. The molecule has 0 aromatic heterocycles. The highest BCUT2D eigenvalue weighted by Crippen LogP contribution is 2.12. The predicted molar refractivity (Wildman–Crippen MR) is 120 cm³/mol. The van der Waals surface area contributed by atoms with Crippen molar-refractivity contribution in [1.82, 2.24) is 5.32 Å². The molecule has 0 unspecified atom stereocenters. The highest BCUT2D eigenvalue weighted by Gasteiger charge is 1.99. The topological polar surface area (TPSA) is 38.3 Å². The maximum Gasteiger partial charge on any atom is 0.308 e. The van der Waals surface area contributed by atoms with Crippen molar-refractivity contribution in [2.45, 2.75) is 71.9 Å². The van der Waals surface area contributed by atoms with E-state index in [0.717, 1.165) is 30.6 Å². The van der Waals surface area contributed by atoms with Crippen molar-refractivity contribution in [1.29, 1.82) is 0 Å². The predicted octanol–water partition coefficient (Wildman–Crippen LogP) is 6.00. The second-order valence-corrected chi connectivity index (χ2v) is 7.36. The number of hydrogen-bond acceptors (Lipinski definition) is 3. The molecule has 0 fully saturated rings. The van der Waals surface area contributed by atoms with Crippen LogP contribution in [0.2, 0.25) is 0 Å². The third-order valence-corrected chi connectivity index (χ3v) is 4.69. The van der Waals surface area contributed by atoms with Crippen LogP contribution in [-0.2, 0) is 17.9 Å². The van der Waals surface area contributed by atoms with Crippen molar-refractivity contribution in [2.75, 3.05) is 0 Å². The molecule has 154 valence electrons. The summed E-state index contributed by atoms with van der Waals surface area (Å²) in [6.07, 6.45) is 8.86. The highest BCUT2D eigenvalue weighted by molar-refractivity contribution is 5.69. The van der Waals surface area contributed by atoms with Gasteiger partial charge in [0.25, 0.3) is 0 Å². The summed E-state index contributed by atoms with van der Waals surface area (Å²) in [5, 5.41) is 3.43. The number of rotatable bonds is 11. The Balaban J connectivity index is 1.66. The molecule has 0 radical (unpaired) electrons. The summed E-state index contributed by atoms with van der Waals surface area (Å²) in [5.74, 6) is 6.84. The van der Waals surface area contributed by atoms with Crippen LogP contribution in [0.25, 0.3) is 0 Å². The number of ether oxygens (including phenoxy) is 1. The number of nitrogens with one attached hydrogen (secondary N) is 1. The zero-order chi connectivity index (χ0) is 20.7. The van der Waals surface area contributed by atoms with E-state index in [9.17, 15) is 4.79 Å². The average molecular weight is 392 g/mol. The van der Waals surface area contributed by atoms with Gasteiger partial charge in [-0.25, -0.2) is 0 Å². The minimum absolute atomic E-state index is 0.300. The minimum atomic E-state index is -0.300. The number of esters is 1. The normalized spacial score (nSPS) is 10.3. The van der Waals surface area contributed by atoms with Gasteiger partial charge in [0.05, 0.1) is 0 Å². The molecule has 1 N–H and O–H groups in total. The Labute approximate surface area is 175 Å². The first kappa shape index (κ1) is 22.7. The smallest absolute Gasteiger partial charge is 0.308 e. The van der Waals surface area contributed by atoms with Gasteiger partial charge in [-0.2, -0.15) is 0 Å². The molecule has 0 aliphatic heterocycles. The zero-order valence-electron chi connectivity index (χ0n) is 17.8. The van der Waals surface area contributed by atoms with Crippen LogP contribution in [0.3, 0.4) is 0 Å². The number of carbonyl (C=O) groups excluding carboxylic acids is 1. The Morgan fingerprint density at radius 1 is 0.862 bits per heavy atom. The van der Waals surface area contributed by atoms with Crippen LogP contribution in [0.5, 0.6) is 5.75 Å².